The predicted octanol–water partition coefficient (Wildman–Crippen LogP) is 4.71. The van der Waals surface area contributed by atoms with Gasteiger partial charge in [0.25, 0.3) is 0 Å². The van der Waals surface area contributed by atoms with Crippen LogP contribution < -0.4 is 4.74 Å². The SMILES string of the molecule is CC(C)COc1ccc(Br)c(C(=O)CC(C)C)c1. The van der Waals surface area contributed by atoms with Gasteiger partial charge in [-0.3, -0.25) is 4.79 Å². The molecule has 0 aliphatic rings. The minimum atomic E-state index is 0.159. The molecule has 0 saturated carbocycles. The molecular weight excluding hydrogens is 292 g/mol. The maximum atomic E-state index is 12.1. The summed E-state index contributed by atoms with van der Waals surface area (Å²) in [4.78, 5) is 12.1. The molecule has 0 saturated heterocycles. The summed E-state index contributed by atoms with van der Waals surface area (Å²) in [5, 5.41) is 0. The first kappa shape index (κ1) is 15.2. The number of rotatable bonds is 6. The lowest BCUT2D eigenvalue weighted by atomic mass is 10.0. The van der Waals surface area contributed by atoms with Crippen molar-refractivity contribution in [2.45, 2.75) is 34.1 Å². The summed E-state index contributed by atoms with van der Waals surface area (Å²) < 4.78 is 6.48. The van der Waals surface area contributed by atoms with Gasteiger partial charge >= 0.3 is 0 Å². The standard InChI is InChI=1S/C15H21BrO2/c1-10(2)7-15(17)13-8-12(5-6-14(13)16)18-9-11(3)4/h5-6,8,10-11H,7,9H2,1-4H3. The Bertz CT molecular complexity index is 411. The van der Waals surface area contributed by atoms with E-state index >= 15 is 0 Å². The molecule has 0 fully saturated rings. The van der Waals surface area contributed by atoms with Crippen molar-refractivity contribution >= 4 is 21.7 Å². The van der Waals surface area contributed by atoms with Crippen LogP contribution in [-0.2, 0) is 0 Å². The van der Waals surface area contributed by atoms with Crippen molar-refractivity contribution in [3.8, 4) is 5.75 Å². The molecule has 0 aromatic heterocycles. The topological polar surface area (TPSA) is 26.3 Å². The lowest BCUT2D eigenvalue weighted by Crippen LogP contribution is -2.07. The van der Waals surface area contributed by atoms with E-state index in [0.29, 0.717) is 30.4 Å². The van der Waals surface area contributed by atoms with Crippen molar-refractivity contribution in [2.75, 3.05) is 6.61 Å². The molecule has 0 N–H and O–H groups in total. The molecule has 0 aliphatic heterocycles. The van der Waals surface area contributed by atoms with Crippen LogP contribution in [0.5, 0.6) is 5.75 Å². The molecule has 100 valence electrons. The molecule has 0 heterocycles. The van der Waals surface area contributed by atoms with E-state index in [2.05, 4.69) is 29.8 Å². The summed E-state index contributed by atoms with van der Waals surface area (Å²) in [5.41, 5.74) is 0.713. The molecule has 1 aromatic carbocycles. The number of hydrogen-bond donors (Lipinski definition) is 0. The van der Waals surface area contributed by atoms with E-state index < -0.39 is 0 Å². The van der Waals surface area contributed by atoms with Gasteiger partial charge in [-0.05, 0) is 30.0 Å². The first-order valence-corrected chi connectivity index (χ1v) is 7.15. The van der Waals surface area contributed by atoms with Gasteiger partial charge in [-0.25, -0.2) is 0 Å². The Kier molecular flexibility index (Phi) is 5.86. The lowest BCUT2D eigenvalue weighted by molar-refractivity contribution is 0.0966. The zero-order valence-corrected chi connectivity index (χ0v) is 13.1. The van der Waals surface area contributed by atoms with Gasteiger partial charge in [0.15, 0.2) is 5.78 Å². The van der Waals surface area contributed by atoms with E-state index in [1.54, 1.807) is 0 Å². The van der Waals surface area contributed by atoms with E-state index in [1.165, 1.54) is 0 Å². The molecule has 0 unspecified atom stereocenters. The number of ketones is 1. The highest BCUT2D eigenvalue weighted by Crippen LogP contribution is 2.25. The number of carbonyl (C=O) groups is 1. The second kappa shape index (κ2) is 6.93. The van der Waals surface area contributed by atoms with Crippen molar-refractivity contribution in [1.82, 2.24) is 0 Å². The van der Waals surface area contributed by atoms with Crippen molar-refractivity contribution < 1.29 is 9.53 Å². The fraction of sp³-hybridized carbons (Fsp3) is 0.533. The van der Waals surface area contributed by atoms with E-state index in [9.17, 15) is 4.79 Å². The van der Waals surface area contributed by atoms with Crippen LogP contribution in [0.2, 0.25) is 0 Å². The molecule has 1 aromatic rings. The molecule has 0 bridgehead atoms. The van der Waals surface area contributed by atoms with Gasteiger partial charge in [-0.2, -0.15) is 0 Å². The van der Waals surface area contributed by atoms with E-state index in [1.807, 2.05) is 32.0 Å². The summed E-state index contributed by atoms with van der Waals surface area (Å²) in [6.45, 7) is 8.96. The maximum absolute atomic E-state index is 12.1. The summed E-state index contributed by atoms with van der Waals surface area (Å²) >= 11 is 3.42. The Hall–Kier alpha value is -0.830. The molecule has 18 heavy (non-hydrogen) atoms. The average molecular weight is 313 g/mol. The predicted molar refractivity (Wildman–Crippen MR) is 78.3 cm³/mol. The summed E-state index contributed by atoms with van der Waals surface area (Å²) in [6, 6.07) is 5.60. The van der Waals surface area contributed by atoms with Crippen LogP contribution in [0.3, 0.4) is 0 Å². The fourth-order valence-corrected chi connectivity index (χ4v) is 2.02. The molecule has 0 atom stereocenters. The fourth-order valence-electron chi connectivity index (χ4n) is 1.55. The van der Waals surface area contributed by atoms with Gasteiger partial charge in [0.05, 0.1) is 6.61 Å². The molecular formula is C15H21BrO2. The van der Waals surface area contributed by atoms with Crippen molar-refractivity contribution in [3.63, 3.8) is 0 Å². The van der Waals surface area contributed by atoms with Crippen LogP contribution in [-0.4, -0.2) is 12.4 Å². The minimum absolute atomic E-state index is 0.159. The second-order valence-corrected chi connectivity index (χ2v) is 6.22. The van der Waals surface area contributed by atoms with Crippen LogP contribution >= 0.6 is 15.9 Å². The first-order chi connectivity index (χ1) is 8.40. The van der Waals surface area contributed by atoms with E-state index in [4.69, 9.17) is 4.74 Å². The molecule has 0 radical (unpaired) electrons. The smallest absolute Gasteiger partial charge is 0.164 e. The second-order valence-electron chi connectivity index (χ2n) is 5.37. The highest BCUT2D eigenvalue weighted by atomic mass is 79.9. The normalized spacial score (nSPS) is 11.1. The van der Waals surface area contributed by atoms with Crippen LogP contribution in [0.15, 0.2) is 22.7 Å². The third-order valence-electron chi connectivity index (χ3n) is 2.42. The summed E-state index contributed by atoms with van der Waals surface area (Å²) in [7, 11) is 0. The molecule has 3 heteroatoms. The molecule has 0 spiro atoms. The van der Waals surface area contributed by atoms with Crippen LogP contribution in [0, 0.1) is 11.8 Å². The van der Waals surface area contributed by atoms with Crippen molar-refractivity contribution in [1.29, 1.82) is 0 Å². The number of hydrogen-bond acceptors (Lipinski definition) is 2. The quantitative estimate of drug-likeness (QED) is 0.711. The maximum Gasteiger partial charge on any atom is 0.164 e. The summed E-state index contributed by atoms with van der Waals surface area (Å²) in [6.07, 6.45) is 0.562. The first-order valence-electron chi connectivity index (χ1n) is 6.35. The highest BCUT2D eigenvalue weighted by Gasteiger charge is 2.13. The molecule has 2 nitrogen and oxygen atoms in total. The Balaban J connectivity index is 2.84. The lowest BCUT2D eigenvalue weighted by Gasteiger charge is -2.11. The van der Waals surface area contributed by atoms with Crippen LogP contribution in [0.25, 0.3) is 0 Å². The Morgan fingerprint density at radius 1 is 1.22 bits per heavy atom. The largest absolute Gasteiger partial charge is 0.493 e. The average Bonchev–Trinajstić information content (AvgIpc) is 2.26. The van der Waals surface area contributed by atoms with Crippen molar-refractivity contribution in [3.05, 3.63) is 28.2 Å². The van der Waals surface area contributed by atoms with Gasteiger partial charge in [-0.1, -0.05) is 43.6 Å². The van der Waals surface area contributed by atoms with Gasteiger partial charge in [0.1, 0.15) is 5.75 Å². The van der Waals surface area contributed by atoms with Crippen molar-refractivity contribution in [2.24, 2.45) is 11.8 Å². The molecule has 0 aliphatic carbocycles. The van der Waals surface area contributed by atoms with Gasteiger partial charge in [0, 0.05) is 16.5 Å². The van der Waals surface area contributed by atoms with E-state index in [0.717, 1.165) is 10.2 Å². The highest BCUT2D eigenvalue weighted by molar-refractivity contribution is 9.10. The number of halogens is 1. The van der Waals surface area contributed by atoms with Gasteiger partial charge < -0.3 is 4.74 Å². The van der Waals surface area contributed by atoms with Gasteiger partial charge in [-0.15, -0.1) is 0 Å². The zero-order chi connectivity index (χ0) is 13.7. The monoisotopic (exact) mass is 312 g/mol. The third-order valence-corrected chi connectivity index (χ3v) is 3.11. The van der Waals surface area contributed by atoms with Crippen LogP contribution in [0.4, 0.5) is 0 Å². The number of ether oxygens (including phenoxy) is 1. The Morgan fingerprint density at radius 2 is 1.89 bits per heavy atom. The Labute approximate surface area is 118 Å². The number of carbonyl (C=O) groups excluding carboxylic acids is 1. The Morgan fingerprint density at radius 3 is 2.44 bits per heavy atom. The van der Waals surface area contributed by atoms with Gasteiger partial charge in [0.2, 0.25) is 0 Å². The molecule has 0 amide bonds. The summed E-state index contributed by atoms with van der Waals surface area (Å²) in [5.74, 6) is 1.76. The van der Waals surface area contributed by atoms with Crippen LogP contribution in [0.1, 0.15) is 44.5 Å². The molecule has 1 rings (SSSR count). The van der Waals surface area contributed by atoms with E-state index in [-0.39, 0.29) is 5.78 Å². The number of Topliss-reactive ketones (excluding diaryl/α,β-unsaturated/α-hetero) is 1. The minimum Gasteiger partial charge on any atom is -0.493 e. The third kappa shape index (κ3) is 4.81. The number of benzene rings is 1. The zero-order valence-electron chi connectivity index (χ0n) is 11.5.